The van der Waals surface area contributed by atoms with E-state index in [0.29, 0.717) is 16.0 Å². The van der Waals surface area contributed by atoms with Crippen LogP contribution in [0.25, 0.3) is 0 Å². The van der Waals surface area contributed by atoms with E-state index < -0.39 is 11.7 Å². The molecule has 24 heavy (non-hydrogen) atoms. The van der Waals surface area contributed by atoms with E-state index in [1.54, 1.807) is 0 Å². The van der Waals surface area contributed by atoms with Crippen LogP contribution >= 0.6 is 28.1 Å². The molecule has 2 aromatic rings. The van der Waals surface area contributed by atoms with E-state index in [0.717, 1.165) is 5.69 Å². The van der Waals surface area contributed by atoms with Gasteiger partial charge >= 0.3 is 0 Å². The monoisotopic (exact) mass is 409 g/mol. The third-order valence-corrected chi connectivity index (χ3v) is 4.16. The lowest BCUT2D eigenvalue weighted by atomic mass is 10.0. The van der Waals surface area contributed by atoms with Gasteiger partial charge in [0.2, 0.25) is 0 Å². The van der Waals surface area contributed by atoms with Gasteiger partial charge in [0.05, 0.1) is 5.56 Å². The summed E-state index contributed by atoms with van der Waals surface area (Å²) in [5.41, 5.74) is 7.42. The van der Waals surface area contributed by atoms with Gasteiger partial charge in [-0.05, 0) is 70.0 Å². The fourth-order valence-electron chi connectivity index (χ4n) is 1.97. The first-order valence-corrected chi connectivity index (χ1v) is 8.49. The van der Waals surface area contributed by atoms with Crippen LogP contribution in [0, 0.1) is 5.82 Å². The molecule has 0 saturated carbocycles. The van der Waals surface area contributed by atoms with Gasteiger partial charge in [0.25, 0.3) is 5.91 Å². The summed E-state index contributed by atoms with van der Waals surface area (Å²) in [6.45, 7) is 4.25. The van der Waals surface area contributed by atoms with Crippen molar-refractivity contribution in [1.82, 2.24) is 10.9 Å². The van der Waals surface area contributed by atoms with Crippen molar-refractivity contribution in [3.8, 4) is 0 Å². The van der Waals surface area contributed by atoms with Gasteiger partial charge in [0.1, 0.15) is 5.82 Å². The first-order valence-electron chi connectivity index (χ1n) is 7.29. The Morgan fingerprint density at radius 1 is 1.12 bits per heavy atom. The van der Waals surface area contributed by atoms with Gasteiger partial charge < -0.3 is 5.32 Å². The average molecular weight is 410 g/mol. The average Bonchev–Trinajstić information content (AvgIpc) is 2.53. The highest BCUT2D eigenvalue weighted by Crippen LogP contribution is 2.18. The molecule has 0 aliphatic carbocycles. The zero-order valence-electron chi connectivity index (χ0n) is 13.2. The summed E-state index contributed by atoms with van der Waals surface area (Å²) in [5.74, 6) is -0.396. The highest BCUT2D eigenvalue weighted by molar-refractivity contribution is 9.10. The lowest BCUT2D eigenvalue weighted by molar-refractivity contribution is 0.0943. The molecule has 0 aromatic heterocycles. The van der Waals surface area contributed by atoms with E-state index in [1.165, 1.54) is 23.8 Å². The molecular weight excluding hydrogens is 393 g/mol. The molecular formula is C17H17BrFN3OS. The predicted molar refractivity (Wildman–Crippen MR) is 101 cm³/mol. The molecule has 2 rings (SSSR count). The van der Waals surface area contributed by atoms with Crippen molar-refractivity contribution >= 4 is 44.9 Å². The SMILES string of the molecule is CC(C)c1ccc(NC(=S)NNC(=O)c2ccc(F)cc2Br)cc1. The van der Waals surface area contributed by atoms with Crippen molar-refractivity contribution in [2.45, 2.75) is 19.8 Å². The molecule has 0 atom stereocenters. The number of nitrogens with one attached hydrogen (secondary N) is 3. The number of amides is 1. The molecule has 0 aliphatic rings. The van der Waals surface area contributed by atoms with Gasteiger partial charge in [0, 0.05) is 10.2 Å². The highest BCUT2D eigenvalue weighted by atomic mass is 79.9. The quantitative estimate of drug-likeness (QED) is 0.521. The van der Waals surface area contributed by atoms with Gasteiger partial charge in [-0.25, -0.2) is 4.39 Å². The van der Waals surface area contributed by atoms with Crippen LogP contribution in [0.2, 0.25) is 0 Å². The molecule has 0 radical (unpaired) electrons. The predicted octanol–water partition coefficient (Wildman–Crippen LogP) is 4.34. The summed E-state index contributed by atoms with van der Waals surface area (Å²) in [4.78, 5) is 12.0. The molecule has 2 aromatic carbocycles. The van der Waals surface area contributed by atoms with Gasteiger partial charge in [-0.2, -0.15) is 0 Å². The van der Waals surface area contributed by atoms with Crippen molar-refractivity contribution in [1.29, 1.82) is 0 Å². The smallest absolute Gasteiger partial charge is 0.270 e. The molecule has 0 saturated heterocycles. The van der Waals surface area contributed by atoms with Crippen LogP contribution in [0.3, 0.4) is 0 Å². The van der Waals surface area contributed by atoms with Crippen LogP contribution < -0.4 is 16.2 Å². The van der Waals surface area contributed by atoms with Crippen LogP contribution in [0.4, 0.5) is 10.1 Å². The molecule has 3 N–H and O–H groups in total. The fraction of sp³-hybridized carbons (Fsp3) is 0.176. The Morgan fingerprint density at radius 3 is 2.38 bits per heavy atom. The standard InChI is InChI=1S/C17H17BrFN3OS/c1-10(2)11-3-6-13(7-4-11)20-17(24)22-21-16(23)14-8-5-12(19)9-15(14)18/h3-10H,1-2H3,(H,21,23)(H2,20,22,24). The Kier molecular flexibility index (Phi) is 6.28. The Bertz CT molecular complexity index is 750. The van der Waals surface area contributed by atoms with E-state index in [4.69, 9.17) is 12.2 Å². The second-order valence-corrected chi connectivity index (χ2v) is 6.70. The highest BCUT2D eigenvalue weighted by Gasteiger charge is 2.11. The molecule has 126 valence electrons. The molecule has 1 amide bonds. The van der Waals surface area contributed by atoms with Crippen LogP contribution in [0.5, 0.6) is 0 Å². The topological polar surface area (TPSA) is 53.2 Å². The van der Waals surface area contributed by atoms with Crippen molar-refractivity contribution in [2.24, 2.45) is 0 Å². The summed E-state index contributed by atoms with van der Waals surface area (Å²) in [5, 5.41) is 3.22. The third kappa shape index (κ3) is 5.01. The Labute approximate surface area is 153 Å². The molecule has 0 heterocycles. The molecule has 7 heteroatoms. The van der Waals surface area contributed by atoms with Gasteiger partial charge in [0.15, 0.2) is 5.11 Å². The summed E-state index contributed by atoms with van der Waals surface area (Å²) >= 11 is 8.28. The summed E-state index contributed by atoms with van der Waals surface area (Å²) in [6.07, 6.45) is 0. The number of carbonyl (C=O) groups is 1. The number of hydrogen-bond donors (Lipinski definition) is 3. The van der Waals surface area contributed by atoms with Crippen molar-refractivity contribution in [2.75, 3.05) is 5.32 Å². The minimum Gasteiger partial charge on any atom is -0.331 e. The third-order valence-electron chi connectivity index (χ3n) is 3.30. The molecule has 0 fully saturated rings. The van der Waals surface area contributed by atoms with Crippen LogP contribution in [-0.4, -0.2) is 11.0 Å². The summed E-state index contributed by atoms with van der Waals surface area (Å²) in [6, 6.07) is 11.7. The Hall–Kier alpha value is -1.99. The molecule has 0 spiro atoms. The van der Waals surface area contributed by atoms with Crippen LogP contribution in [-0.2, 0) is 0 Å². The number of thiocarbonyl (C=S) groups is 1. The maximum absolute atomic E-state index is 13.0. The number of halogens is 2. The number of hydrogen-bond acceptors (Lipinski definition) is 2. The molecule has 4 nitrogen and oxygen atoms in total. The Morgan fingerprint density at radius 2 is 1.79 bits per heavy atom. The maximum Gasteiger partial charge on any atom is 0.270 e. The normalized spacial score (nSPS) is 10.4. The zero-order valence-corrected chi connectivity index (χ0v) is 15.6. The maximum atomic E-state index is 13.0. The fourth-order valence-corrected chi connectivity index (χ4v) is 2.67. The zero-order chi connectivity index (χ0) is 17.7. The molecule has 0 bridgehead atoms. The number of hydrazine groups is 1. The largest absolute Gasteiger partial charge is 0.331 e. The van der Waals surface area contributed by atoms with E-state index >= 15 is 0 Å². The first kappa shape index (κ1) is 18.4. The van der Waals surface area contributed by atoms with Gasteiger partial charge in [-0.3, -0.25) is 15.6 Å². The minimum absolute atomic E-state index is 0.249. The van der Waals surface area contributed by atoms with E-state index in [1.807, 2.05) is 24.3 Å². The minimum atomic E-state index is -0.429. The molecule has 0 unspecified atom stereocenters. The van der Waals surface area contributed by atoms with E-state index in [9.17, 15) is 9.18 Å². The number of rotatable bonds is 3. The van der Waals surface area contributed by atoms with E-state index in [-0.39, 0.29) is 5.11 Å². The van der Waals surface area contributed by atoms with Crippen molar-refractivity contribution in [3.63, 3.8) is 0 Å². The lowest BCUT2D eigenvalue weighted by Crippen LogP contribution is -2.43. The van der Waals surface area contributed by atoms with Gasteiger partial charge in [-0.15, -0.1) is 0 Å². The number of anilines is 1. The van der Waals surface area contributed by atoms with Crippen LogP contribution in [0.15, 0.2) is 46.9 Å². The van der Waals surface area contributed by atoms with Crippen molar-refractivity contribution in [3.05, 3.63) is 63.9 Å². The summed E-state index contributed by atoms with van der Waals surface area (Å²) < 4.78 is 13.4. The number of benzene rings is 2. The second-order valence-electron chi connectivity index (χ2n) is 5.43. The summed E-state index contributed by atoms with van der Waals surface area (Å²) in [7, 11) is 0. The van der Waals surface area contributed by atoms with Crippen LogP contribution in [0.1, 0.15) is 35.7 Å². The van der Waals surface area contributed by atoms with Crippen molar-refractivity contribution < 1.29 is 9.18 Å². The van der Waals surface area contributed by atoms with Gasteiger partial charge in [-0.1, -0.05) is 26.0 Å². The lowest BCUT2D eigenvalue weighted by Gasteiger charge is -2.13. The first-order chi connectivity index (χ1) is 11.4. The Balaban J connectivity index is 1.89. The molecule has 0 aliphatic heterocycles. The second kappa shape index (κ2) is 8.21. The number of carbonyl (C=O) groups excluding carboxylic acids is 1. The van der Waals surface area contributed by atoms with E-state index in [2.05, 4.69) is 45.9 Å².